The summed E-state index contributed by atoms with van der Waals surface area (Å²) < 4.78 is 16.6. The third-order valence-corrected chi connectivity index (χ3v) is 13.3. The van der Waals surface area contributed by atoms with E-state index in [4.69, 9.17) is 14.2 Å². The molecule has 1 fully saturated rings. The van der Waals surface area contributed by atoms with Crippen LogP contribution in [0, 0.1) is 0 Å². The zero-order chi connectivity index (χ0) is 48.8. The zero-order valence-corrected chi connectivity index (χ0v) is 43.1. The predicted octanol–water partition coefficient (Wildman–Crippen LogP) is 12.2. The Labute approximate surface area is 410 Å². The van der Waals surface area contributed by atoms with E-state index in [1.54, 1.807) is 6.08 Å². The SMILES string of the molecule is CCCCCCCCC/C=C/C(O)C(COC1OC(CO)C(O)C(O)C1O)NC(=O)CCCCCCC/C=C\CCCCOC(=O)CCCCCCCCCCCCCCCCCCCCC. The Morgan fingerprint density at radius 3 is 1.43 bits per heavy atom. The summed E-state index contributed by atoms with van der Waals surface area (Å²) in [4.78, 5) is 25.1. The molecule has 0 aromatic heterocycles. The summed E-state index contributed by atoms with van der Waals surface area (Å²) in [5.74, 6) is -0.265. The van der Waals surface area contributed by atoms with E-state index in [0.29, 0.717) is 19.4 Å². The van der Waals surface area contributed by atoms with Gasteiger partial charge in [0.25, 0.3) is 0 Å². The summed E-state index contributed by atoms with van der Waals surface area (Å²) in [6.45, 7) is 4.21. The van der Waals surface area contributed by atoms with Crippen molar-refractivity contribution in [3.05, 3.63) is 24.3 Å². The maximum absolute atomic E-state index is 13.0. The van der Waals surface area contributed by atoms with Gasteiger partial charge in [0.1, 0.15) is 24.4 Å². The number of hydrogen-bond donors (Lipinski definition) is 6. The molecule has 1 amide bonds. The molecule has 1 aliphatic rings. The molecule has 67 heavy (non-hydrogen) atoms. The number of amides is 1. The van der Waals surface area contributed by atoms with Crippen LogP contribution in [0.1, 0.15) is 258 Å². The van der Waals surface area contributed by atoms with E-state index in [-0.39, 0.29) is 18.5 Å². The summed E-state index contributed by atoms with van der Waals surface area (Å²) >= 11 is 0. The first-order valence-corrected chi connectivity index (χ1v) is 28.1. The van der Waals surface area contributed by atoms with Crippen LogP contribution in [0.3, 0.4) is 0 Å². The van der Waals surface area contributed by atoms with Gasteiger partial charge in [-0.05, 0) is 57.8 Å². The first-order valence-electron chi connectivity index (χ1n) is 28.1. The Morgan fingerprint density at radius 1 is 0.537 bits per heavy atom. The molecule has 1 rings (SSSR count). The number of carbonyl (C=O) groups is 2. The predicted molar refractivity (Wildman–Crippen MR) is 274 cm³/mol. The summed E-state index contributed by atoms with van der Waals surface area (Å²) in [6, 6.07) is -0.829. The monoisotopic (exact) mass is 952 g/mol. The second-order valence-electron chi connectivity index (χ2n) is 19.6. The minimum absolute atomic E-state index is 0.0529. The molecule has 0 radical (unpaired) electrons. The second kappa shape index (κ2) is 46.5. The van der Waals surface area contributed by atoms with Gasteiger partial charge in [0.15, 0.2) is 6.29 Å². The number of esters is 1. The number of ether oxygens (including phenoxy) is 3. The Hall–Kier alpha value is -1.86. The number of nitrogens with one attached hydrogen (secondary N) is 1. The van der Waals surface area contributed by atoms with E-state index >= 15 is 0 Å². The molecule has 0 bridgehead atoms. The third-order valence-electron chi connectivity index (χ3n) is 13.3. The molecular formula is C56H105NO10. The topological polar surface area (TPSA) is 175 Å². The molecule has 1 heterocycles. The number of rotatable bonds is 48. The number of aliphatic hydroxyl groups excluding tert-OH is 5. The van der Waals surface area contributed by atoms with Crippen molar-refractivity contribution in [2.24, 2.45) is 0 Å². The molecule has 0 spiro atoms. The minimum atomic E-state index is -1.58. The van der Waals surface area contributed by atoms with Gasteiger partial charge in [0, 0.05) is 12.8 Å². The molecular weight excluding hydrogens is 847 g/mol. The van der Waals surface area contributed by atoms with Crippen LogP contribution in [-0.2, 0) is 23.8 Å². The van der Waals surface area contributed by atoms with Crippen LogP contribution in [-0.4, -0.2) is 100 Å². The molecule has 0 aromatic carbocycles. The van der Waals surface area contributed by atoms with Crippen LogP contribution in [0.5, 0.6) is 0 Å². The fourth-order valence-electron chi connectivity index (χ4n) is 8.78. The Balaban J connectivity index is 2.09. The van der Waals surface area contributed by atoms with E-state index in [9.17, 15) is 35.1 Å². The van der Waals surface area contributed by atoms with E-state index in [1.807, 2.05) is 6.08 Å². The lowest BCUT2D eigenvalue weighted by Crippen LogP contribution is -2.60. The summed E-state index contributed by atoms with van der Waals surface area (Å²) in [6.07, 6.45) is 44.2. The van der Waals surface area contributed by atoms with E-state index < -0.39 is 49.5 Å². The van der Waals surface area contributed by atoms with Crippen molar-refractivity contribution in [2.45, 2.75) is 301 Å². The fourth-order valence-corrected chi connectivity index (χ4v) is 8.78. The van der Waals surface area contributed by atoms with Gasteiger partial charge in [-0.1, -0.05) is 212 Å². The highest BCUT2D eigenvalue weighted by atomic mass is 16.7. The highest BCUT2D eigenvalue weighted by molar-refractivity contribution is 5.76. The zero-order valence-electron chi connectivity index (χ0n) is 43.1. The number of aliphatic hydroxyl groups is 5. The van der Waals surface area contributed by atoms with Gasteiger partial charge in [0.2, 0.25) is 5.91 Å². The molecule has 11 nitrogen and oxygen atoms in total. The number of hydrogen-bond acceptors (Lipinski definition) is 10. The van der Waals surface area contributed by atoms with E-state index in [0.717, 1.165) is 89.9 Å². The lowest BCUT2D eigenvalue weighted by Gasteiger charge is -2.40. The van der Waals surface area contributed by atoms with Crippen molar-refractivity contribution in [1.82, 2.24) is 5.32 Å². The normalized spacial score (nSPS) is 19.7. The van der Waals surface area contributed by atoms with Crippen molar-refractivity contribution < 1.29 is 49.3 Å². The Morgan fingerprint density at radius 2 is 0.955 bits per heavy atom. The van der Waals surface area contributed by atoms with Gasteiger partial charge in [-0.2, -0.15) is 0 Å². The first kappa shape index (κ1) is 63.2. The molecule has 1 aliphatic heterocycles. The molecule has 394 valence electrons. The molecule has 1 saturated heterocycles. The van der Waals surface area contributed by atoms with Crippen molar-refractivity contribution in [3.63, 3.8) is 0 Å². The van der Waals surface area contributed by atoms with Gasteiger partial charge in [-0.15, -0.1) is 0 Å². The second-order valence-corrected chi connectivity index (χ2v) is 19.6. The van der Waals surface area contributed by atoms with Gasteiger partial charge in [-0.25, -0.2) is 0 Å². The standard InChI is InChI=1S/C56H105NO10/c1-3-5-7-9-11-13-14-15-16-17-18-19-20-21-24-28-32-36-40-44-52(61)65-45-41-37-33-29-25-22-23-27-31-35-39-43-51(60)57-48(49(59)42-38-34-30-26-12-10-8-6-4-2)47-66-56-55(64)54(63)53(62)50(46-58)67-56/h25,29,38,42,48-50,53-56,58-59,62-64H,3-24,26-28,30-37,39-41,43-47H2,1-2H3,(H,57,60)/b29-25-,42-38+. The molecule has 7 atom stereocenters. The lowest BCUT2D eigenvalue weighted by molar-refractivity contribution is -0.302. The van der Waals surface area contributed by atoms with Gasteiger partial charge in [0.05, 0.1) is 32.0 Å². The van der Waals surface area contributed by atoms with Crippen LogP contribution < -0.4 is 5.32 Å². The maximum atomic E-state index is 13.0. The van der Waals surface area contributed by atoms with Crippen molar-refractivity contribution in [2.75, 3.05) is 19.8 Å². The van der Waals surface area contributed by atoms with Crippen molar-refractivity contribution in [1.29, 1.82) is 0 Å². The molecule has 11 heteroatoms. The highest BCUT2D eigenvalue weighted by Gasteiger charge is 2.44. The average molecular weight is 952 g/mol. The highest BCUT2D eigenvalue weighted by Crippen LogP contribution is 2.23. The molecule has 0 saturated carbocycles. The van der Waals surface area contributed by atoms with Gasteiger partial charge < -0.3 is 45.1 Å². The number of allylic oxidation sites excluding steroid dienone is 3. The minimum Gasteiger partial charge on any atom is -0.466 e. The van der Waals surface area contributed by atoms with Crippen LogP contribution in [0.25, 0.3) is 0 Å². The van der Waals surface area contributed by atoms with E-state index in [1.165, 1.54) is 141 Å². The van der Waals surface area contributed by atoms with Crippen LogP contribution in [0.2, 0.25) is 0 Å². The molecule has 6 N–H and O–H groups in total. The largest absolute Gasteiger partial charge is 0.466 e. The lowest BCUT2D eigenvalue weighted by atomic mass is 9.99. The number of unbranched alkanes of at least 4 members (excludes halogenated alkanes) is 32. The summed E-state index contributed by atoms with van der Waals surface area (Å²) in [5, 5.41) is 54.1. The first-order chi connectivity index (χ1) is 32.7. The quantitative estimate of drug-likeness (QED) is 0.0196. The third kappa shape index (κ3) is 36.7. The molecule has 0 aliphatic carbocycles. The maximum Gasteiger partial charge on any atom is 0.305 e. The van der Waals surface area contributed by atoms with Crippen molar-refractivity contribution >= 4 is 11.9 Å². The van der Waals surface area contributed by atoms with E-state index in [2.05, 4.69) is 31.3 Å². The van der Waals surface area contributed by atoms with Gasteiger partial charge in [-0.3, -0.25) is 9.59 Å². The Bertz CT molecular complexity index is 1170. The Kier molecular flexibility index (Phi) is 43.8. The molecule has 7 unspecified atom stereocenters. The average Bonchev–Trinajstić information content (AvgIpc) is 3.32. The van der Waals surface area contributed by atoms with Crippen LogP contribution in [0.15, 0.2) is 24.3 Å². The van der Waals surface area contributed by atoms with Crippen molar-refractivity contribution in [3.8, 4) is 0 Å². The summed E-state index contributed by atoms with van der Waals surface area (Å²) in [7, 11) is 0. The smallest absolute Gasteiger partial charge is 0.305 e. The summed E-state index contributed by atoms with van der Waals surface area (Å²) in [5.41, 5.74) is 0. The fraction of sp³-hybridized carbons (Fsp3) is 0.893. The number of carbonyl (C=O) groups excluding carboxylic acids is 2. The van der Waals surface area contributed by atoms with Crippen LogP contribution >= 0.6 is 0 Å². The van der Waals surface area contributed by atoms with Crippen LogP contribution in [0.4, 0.5) is 0 Å². The van der Waals surface area contributed by atoms with Gasteiger partial charge >= 0.3 is 5.97 Å². The molecule has 0 aromatic rings.